The highest BCUT2D eigenvalue weighted by molar-refractivity contribution is 7.14. The molecule has 1 saturated heterocycles. The van der Waals surface area contributed by atoms with Crippen LogP contribution < -0.4 is 11.1 Å². The predicted molar refractivity (Wildman–Crippen MR) is 79.4 cm³/mol. The van der Waals surface area contributed by atoms with Crippen molar-refractivity contribution in [3.63, 3.8) is 0 Å². The lowest BCUT2D eigenvalue weighted by Gasteiger charge is -2.31. The Bertz CT molecular complexity index is 424. The molecule has 0 bridgehead atoms. The number of rotatable bonds is 5. The minimum Gasteiger partial charge on any atom is -0.355 e. The lowest BCUT2D eigenvalue weighted by molar-refractivity contribution is -0.126. The first-order valence-corrected chi connectivity index (χ1v) is 7.88. The van der Waals surface area contributed by atoms with Crippen LogP contribution in [0.1, 0.15) is 18.4 Å². The van der Waals surface area contributed by atoms with Gasteiger partial charge in [0.15, 0.2) is 0 Å². The molecule has 1 unspecified atom stereocenters. The third kappa shape index (κ3) is 4.18. The lowest BCUT2D eigenvalue weighted by atomic mass is 9.97. The summed E-state index contributed by atoms with van der Waals surface area (Å²) in [6.45, 7) is 3.73. The Labute approximate surface area is 122 Å². The molecule has 0 radical (unpaired) electrons. The van der Waals surface area contributed by atoms with Crippen LogP contribution in [-0.4, -0.2) is 37.0 Å². The third-order valence-electron chi connectivity index (χ3n) is 3.41. The van der Waals surface area contributed by atoms with Crippen LogP contribution in [0.2, 0.25) is 4.34 Å². The number of hydrogen-bond acceptors (Lipinski definition) is 4. The van der Waals surface area contributed by atoms with Crippen LogP contribution in [0.5, 0.6) is 0 Å². The maximum Gasteiger partial charge on any atom is 0.224 e. The first-order chi connectivity index (χ1) is 9.20. The molecule has 0 saturated carbocycles. The molecule has 4 nitrogen and oxygen atoms in total. The monoisotopic (exact) mass is 301 g/mol. The molecule has 1 aliphatic heterocycles. The van der Waals surface area contributed by atoms with E-state index in [1.165, 1.54) is 0 Å². The largest absolute Gasteiger partial charge is 0.355 e. The van der Waals surface area contributed by atoms with Crippen LogP contribution >= 0.6 is 22.9 Å². The summed E-state index contributed by atoms with van der Waals surface area (Å²) in [5, 5.41) is 4.89. The van der Waals surface area contributed by atoms with Gasteiger partial charge in [-0.1, -0.05) is 11.6 Å². The summed E-state index contributed by atoms with van der Waals surface area (Å²) in [7, 11) is 0. The van der Waals surface area contributed by atoms with Gasteiger partial charge in [0, 0.05) is 26.2 Å². The maximum absolute atomic E-state index is 12.0. The van der Waals surface area contributed by atoms with Crippen molar-refractivity contribution in [1.82, 2.24) is 10.2 Å². The van der Waals surface area contributed by atoms with Crippen LogP contribution in [0, 0.1) is 5.92 Å². The summed E-state index contributed by atoms with van der Waals surface area (Å²) in [6, 6.07) is 2.06. The molecule has 1 aromatic heterocycles. The SMILES string of the molecule is NCCNC(=O)C1CCCN(Cc2ccsc2Cl)C1. The molecular formula is C13H20ClN3OS. The van der Waals surface area contributed by atoms with Crippen molar-refractivity contribution >= 4 is 28.8 Å². The molecule has 2 rings (SSSR count). The fraction of sp³-hybridized carbons (Fsp3) is 0.615. The van der Waals surface area contributed by atoms with Gasteiger partial charge in [-0.3, -0.25) is 9.69 Å². The summed E-state index contributed by atoms with van der Waals surface area (Å²) >= 11 is 7.68. The molecule has 6 heteroatoms. The van der Waals surface area contributed by atoms with E-state index in [4.69, 9.17) is 17.3 Å². The van der Waals surface area contributed by atoms with E-state index in [2.05, 4.69) is 16.3 Å². The standard InChI is InChI=1S/C13H20ClN3OS/c14-12-10(3-7-19-12)8-17-6-1-2-11(9-17)13(18)16-5-4-15/h3,7,11H,1-2,4-6,8-9,15H2,(H,16,18). The van der Waals surface area contributed by atoms with Crippen molar-refractivity contribution in [2.45, 2.75) is 19.4 Å². The second-order valence-corrected chi connectivity index (χ2v) is 6.39. The van der Waals surface area contributed by atoms with E-state index in [0.717, 1.165) is 42.4 Å². The summed E-state index contributed by atoms with van der Waals surface area (Å²) < 4.78 is 0.856. The van der Waals surface area contributed by atoms with Gasteiger partial charge in [-0.15, -0.1) is 11.3 Å². The van der Waals surface area contributed by atoms with E-state index < -0.39 is 0 Å². The van der Waals surface area contributed by atoms with Gasteiger partial charge in [-0.05, 0) is 36.4 Å². The van der Waals surface area contributed by atoms with E-state index in [9.17, 15) is 4.79 Å². The molecule has 1 aromatic rings. The topological polar surface area (TPSA) is 58.4 Å². The minimum atomic E-state index is 0.0812. The molecule has 0 aromatic carbocycles. The molecule has 2 heterocycles. The molecular weight excluding hydrogens is 282 g/mol. The van der Waals surface area contributed by atoms with Gasteiger partial charge < -0.3 is 11.1 Å². The van der Waals surface area contributed by atoms with Crippen LogP contribution in [0.4, 0.5) is 0 Å². The van der Waals surface area contributed by atoms with Crippen LogP contribution in [0.25, 0.3) is 0 Å². The quantitative estimate of drug-likeness (QED) is 0.870. The van der Waals surface area contributed by atoms with Gasteiger partial charge in [0.05, 0.1) is 10.3 Å². The highest BCUT2D eigenvalue weighted by Gasteiger charge is 2.25. The smallest absolute Gasteiger partial charge is 0.224 e. The van der Waals surface area contributed by atoms with E-state index in [-0.39, 0.29) is 11.8 Å². The highest BCUT2D eigenvalue weighted by Crippen LogP contribution is 2.26. The highest BCUT2D eigenvalue weighted by atomic mass is 35.5. The number of halogens is 1. The molecule has 1 atom stereocenters. The molecule has 1 aliphatic rings. The Morgan fingerprint density at radius 2 is 2.47 bits per heavy atom. The summed E-state index contributed by atoms with van der Waals surface area (Å²) in [5.41, 5.74) is 6.56. The fourth-order valence-corrected chi connectivity index (χ4v) is 3.34. The molecule has 19 heavy (non-hydrogen) atoms. The van der Waals surface area contributed by atoms with Crippen molar-refractivity contribution in [3.8, 4) is 0 Å². The molecule has 0 aliphatic carbocycles. The third-order valence-corrected chi connectivity index (χ3v) is 4.66. The Balaban J connectivity index is 1.86. The Kier molecular flexibility index (Phi) is 5.63. The zero-order valence-electron chi connectivity index (χ0n) is 10.9. The lowest BCUT2D eigenvalue weighted by Crippen LogP contribution is -2.43. The summed E-state index contributed by atoms with van der Waals surface area (Å²) in [4.78, 5) is 14.3. The minimum absolute atomic E-state index is 0.0812. The molecule has 1 amide bonds. The van der Waals surface area contributed by atoms with Crippen molar-refractivity contribution < 1.29 is 4.79 Å². The van der Waals surface area contributed by atoms with E-state index in [0.29, 0.717) is 13.1 Å². The van der Waals surface area contributed by atoms with Crippen LogP contribution in [-0.2, 0) is 11.3 Å². The van der Waals surface area contributed by atoms with Crippen molar-refractivity contribution in [3.05, 3.63) is 21.3 Å². The number of amides is 1. The Morgan fingerprint density at radius 1 is 1.63 bits per heavy atom. The number of nitrogens with zero attached hydrogens (tertiary/aromatic N) is 1. The van der Waals surface area contributed by atoms with Gasteiger partial charge in [0.25, 0.3) is 0 Å². The second-order valence-electron chi connectivity index (χ2n) is 4.87. The van der Waals surface area contributed by atoms with E-state index in [1.807, 2.05) is 5.38 Å². The van der Waals surface area contributed by atoms with Crippen molar-refractivity contribution in [2.24, 2.45) is 11.7 Å². The van der Waals surface area contributed by atoms with Crippen molar-refractivity contribution in [1.29, 1.82) is 0 Å². The second kappa shape index (κ2) is 7.24. The molecule has 3 N–H and O–H groups in total. The van der Waals surface area contributed by atoms with Gasteiger partial charge in [0.1, 0.15) is 0 Å². The van der Waals surface area contributed by atoms with Gasteiger partial charge in [-0.25, -0.2) is 0 Å². The Morgan fingerprint density at radius 3 is 3.16 bits per heavy atom. The number of piperidine rings is 1. The predicted octanol–water partition coefficient (Wildman–Crippen LogP) is 1.69. The average molecular weight is 302 g/mol. The van der Waals surface area contributed by atoms with Gasteiger partial charge in [0.2, 0.25) is 5.91 Å². The van der Waals surface area contributed by atoms with Crippen LogP contribution in [0.15, 0.2) is 11.4 Å². The van der Waals surface area contributed by atoms with E-state index >= 15 is 0 Å². The molecule has 0 spiro atoms. The average Bonchev–Trinajstić information content (AvgIpc) is 2.82. The summed E-state index contributed by atoms with van der Waals surface area (Å²) in [6.07, 6.45) is 2.02. The summed E-state index contributed by atoms with van der Waals surface area (Å²) in [5.74, 6) is 0.212. The number of thiophene rings is 1. The number of carbonyl (C=O) groups excluding carboxylic acids is 1. The number of nitrogens with two attached hydrogens (primary N) is 1. The zero-order valence-corrected chi connectivity index (χ0v) is 12.5. The number of hydrogen-bond donors (Lipinski definition) is 2. The maximum atomic E-state index is 12.0. The van der Waals surface area contributed by atoms with E-state index in [1.54, 1.807) is 11.3 Å². The fourth-order valence-electron chi connectivity index (χ4n) is 2.43. The Hall–Kier alpha value is -0.620. The first-order valence-electron chi connectivity index (χ1n) is 6.62. The molecule has 106 valence electrons. The number of carbonyl (C=O) groups is 1. The number of likely N-dealkylation sites (tertiary alicyclic amines) is 1. The molecule has 1 fully saturated rings. The first kappa shape index (κ1) is 14.8. The van der Waals surface area contributed by atoms with Crippen LogP contribution in [0.3, 0.4) is 0 Å². The zero-order chi connectivity index (χ0) is 13.7. The normalized spacial score (nSPS) is 20.4. The number of nitrogens with one attached hydrogen (secondary N) is 1. The van der Waals surface area contributed by atoms with Crippen molar-refractivity contribution in [2.75, 3.05) is 26.2 Å². The van der Waals surface area contributed by atoms with Gasteiger partial charge in [-0.2, -0.15) is 0 Å². The van der Waals surface area contributed by atoms with Gasteiger partial charge >= 0.3 is 0 Å².